The molecule has 5 nitrogen and oxygen atoms in total. The Morgan fingerprint density at radius 2 is 1.85 bits per heavy atom. The van der Waals surface area contributed by atoms with Crippen molar-refractivity contribution in [3.05, 3.63) is 23.8 Å². The summed E-state index contributed by atoms with van der Waals surface area (Å²) in [5, 5.41) is 11.6. The number of anilines is 1. The second kappa shape index (κ2) is 7.97. The van der Waals surface area contributed by atoms with Gasteiger partial charge in [-0.1, -0.05) is 19.3 Å². The number of alkyl halides is 3. The van der Waals surface area contributed by atoms with Crippen molar-refractivity contribution in [1.29, 1.82) is 0 Å². The lowest BCUT2D eigenvalue weighted by Gasteiger charge is -2.35. The zero-order valence-corrected chi connectivity index (χ0v) is 14.5. The number of methoxy groups -OCH3 is 1. The third-order valence-electron chi connectivity index (χ3n) is 4.78. The molecule has 0 aliphatic heterocycles. The van der Waals surface area contributed by atoms with Crippen molar-refractivity contribution < 1.29 is 32.6 Å². The highest BCUT2D eigenvalue weighted by molar-refractivity contribution is 5.93. The summed E-state index contributed by atoms with van der Waals surface area (Å²) in [5.41, 5.74) is -1.62. The fourth-order valence-corrected chi connectivity index (χ4v) is 3.56. The molecular formula is C18H22F3NO4. The predicted molar refractivity (Wildman–Crippen MR) is 89.0 cm³/mol. The van der Waals surface area contributed by atoms with Gasteiger partial charge in [0.1, 0.15) is 5.75 Å². The Labute approximate surface area is 149 Å². The van der Waals surface area contributed by atoms with E-state index in [1.54, 1.807) is 0 Å². The molecule has 8 heteroatoms. The molecule has 1 saturated carbocycles. The second-order valence-electron chi connectivity index (χ2n) is 6.77. The number of carbonyl (C=O) groups is 2. The third kappa shape index (κ3) is 5.12. The van der Waals surface area contributed by atoms with Gasteiger partial charge in [-0.05, 0) is 36.5 Å². The molecule has 2 N–H and O–H groups in total. The van der Waals surface area contributed by atoms with Crippen LogP contribution in [-0.2, 0) is 15.8 Å². The third-order valence-corrected chi connectivity index (χ3v) is 4.78. The highest BCUT2D eigenvalue weighted by Crippen LogP contribution is 2.43. The first-order chi connectivity index (χ1) is 12.1. The molecule has 0 unspecified atom stereocenters. The predicted octanol–water partition coefficient (Wildman–Crippen LogP) is 4.47. The van der Waals surface area contributed by atoms with E-state index in [4.69, 9.17) is 9.84 Å². The second-order valence-corrected chi connectivity index (χ2v) is 6.77. The first-order valence-corrected chi connectivity index (χ1v) is 8.42. The van der Waals surface area contributed by atoms with Gasteiger partial charge in [0.05, 0.1) is 24.8 Å². The van der Waals surface area contributed by atoms with Crippen molar-refractivity contribution in [2.45, 2.75) is 51.1 Å². The van der Waals surface area contributed by atoms with Crippen LogP contribution in [0.5, 0.6) is 5.75 Å². The quantitative estimate of drug-likeness (QED) is 0.772. The number of carbonyl (C=O) groups excluding carboxylic acids is 1. The van der Waals surface area contributed by atoms with Gasteiger partial charge >= 0.3 is 12.1 Å². The summed E-state index contributed by atoms with van der Waals surface area (Å²) < 4.78 is 43.7. The Hall–Kier alpha value is -2.25. The summed E-state index contributed by atoms with van der Waals surface area (Å²) in [6.07, 6.45) is -0.803. The van der Waals surface area contributed by atoms with Crippen LogP contribution in [0.2, 0.25) is 0 Å². The van der Waals surface area contributed by atoms with Crippen LogP contribution in [0.25, 0.3) is 0 Å². The summed E-state index contributed by atoms with van der Waals surface area (Å²) in [5.74, 6) is -1.37. The SMILES string of the molecule is COc1ccc(C(F)(F)F)cc1NC(=O)CC1(CC(=O)O)CCCCC1. The van der Waals surface area contributed by atoms with E-state index in [1.807, 2.05) is 0 Å². The normalized spacial score (nSPS) is 16.8. The number of aliphatic carboxylic acids is 1. The minimum atomic E-state index is -4.54. The van der Waals surface area contributed by atoms with Crippen LogP contribution in [0.4, 0.5) is 18.9 Å². The lowest BCUT2D eigenvalue weighted by atomic mass is 9.69. The minimum absolute atomic E-state index is 0.0430. The molecule has 0 spiro atoms. The number of amides is 1. The lowest BCUT2D eigenvalue weighted by molar-refractivity contribution is -0.141. The average Bonchev–Trinajstić information content (AvgIpc) is 2.53. The number of carboxylic acid groups (broad SMARTS) is 1. The van der Waals surface area contributed by atoms with Crippen LogP contribution in [0.1, 0.15) is 50.5 Å². The Bertz CT molecular complexity index is 667. The Balaban J connectivity index is 2.18. The summed E-state index contributed by atoms with van der Waals surface area (Å²) in [7, 11) is 1.30. The standard InChI is InChI=1S/C18H22F3NO4/c1-26-14-6-5-12(18(19,20)21)9-13(14)22-15(23)10-17(11-16(24)25)7-3-2-4-8-17/h5-6,9H,2-4,7-8,10-11H2,1H3,(H,22,23)(H,24,25). The maximum atomic E-state index is 12.9. The molecule has 0 atom stereocenters. The Kier molecular flexibility index (Phi) is 6.15. The molecular weight excluding hydrogens is 351 g/mol. The Morgan fingerprint density at radius 3 is 2.38 bits per heavy atom. The smallest absolute Gasteiger partial charge is 0.416 e. The molecule has 1 amide bonds. The number of ether oxygens (including phenoxy) is 1. The van der Waals surface area contributed by atoms with Crippen molar-refractivity contribution >= 4 is 17.6 Å². The average molecular weight is 373 g/mol. The molecule has 1 fully saturated rings. The highest BCUT2D eigenvalue weighted by atomic mass is 19.4. The number of hydrogen-bond acceptors (Lipinski definition) is 3. The van der Waals surface area contributed by atoms with Crippen molar-refractivity contribution in [2.75, 3.05) is 12.4 Å². The van der Waals surface area contributed by atoms with E-state index in [0.29, 0.717) is 12.8 Å². The molecule has 2 rings (SSSR count). The van der Waals surface area contributed by atoms with E-state index < -0.39 is 29.0 Å². The first kappa shape index (κ1) is 20.1. The number of nitrogens with one attached hydrogen (secondary N) is 1. The molecule has 0 bridgehead atoms. The van der Waals surface area contributed by atoms with Crippen LogP contribution < -0.4 is 10.1 Å². The van der Waals surface area contributed by atoms with Gasteiger partial charge in [-0.15, -0.1) is 0 Å². The van der Waals surface area contributed by atoms with E-state index in [9.17, 15) is 22.8 Å². The monoisotopic (exact) mass is 373 g/mol. The van der Waals surface area contributed by atoms with Crippen molar-refractivity contribution in [2.24, 2.45) is 5.41 Å². The van der Waals surface area contributed by atoms with Crippen molar-refractivity contribution in [3.8, 4) is 5.75 Å². The summed E-state index contributed by atoms with van der Waals surface area (Å²) in [6, 6.07) is 2.84. The Morgan fingerprint density at radius 1 is 1.19 bits per heavy atom. The van der Waals surface area contributed by atoms with Crippen LogP contribution in [0, 0.1) is 5.41 Å². The van der Waals surface area contributed by atoms with E-state index in [2.05, 4.69) is 5.32 Å². The first-order valence-electron chi connectivity index (χ1n) is 8.42. The van der Waals surface area contributed by atoms with Gasteiger partial charge < -0.3 is 15.2 Å². The molecule has 1 aliphatic rings. The summed E-state index contributed by atoms with van der Waals surface area (Å²) in [6.45, 7) is 0. The fourth-order valence-electron chi connectivity index (χ4n) is 3.56. The van der Waals surface area contributed by atoms with Gasteiger partial charge in [0.2, 0.25) is 5.91 Å². The largest absolute Gasteiger partial charge is 0.495 e. The van der Waals surface area contributed by atoms with E-state index in [1.165, 1.54) is 7.11 Å². The van der Waals surface area contributed by atoms with Gasteiger partial charge in [-0.25, -0.2) is 0 Å². The van der Waals surface area contributed by atoms with Crippen LogP contribution in [-0.4, -0.2) is 24.1 Å². The van der Waals surface area contributed by atoms with Crippen molar-refractivity contribution in [1.82, 2.24) is 0 Å². The lowest BCUT2D eigenvalue weighted by Crippen LogP contribution is -2.32. The molecule has 1 aromatic rings. The number of rotatable bonds is 6. The molecule has 0 radical (unpaired) electrons. The van der Waals surface area contributed by atoms with Gasteiger partial charge in [0.15, 0.2) is 0 Å². The molecule has 0 heterocycles. The van der Waals surface area contributed by atoms with Gasteiger partial charge in [0.25, 0.3) is 0 Å². The van der Waals surface area contributed by atoms with Crippen LogP contribution in [0.15, 0.2) is 18.2 Å². The van der Waals surface area contributed by atoms with E-state index in [-0.39, 0.29) is 24.3 Å². The van der Waals surface area contributed by atoms with Crippen molar-refractivity contribution in [3.63, 3.8) is 0 Å². The number of benzene rings is 1. The molecule has 144 valence electrons. The molecule has 26 heavy (non-hydrogen) atoms. The zero-order valence-electron chi connectivity index (χ0n) is 14.5. The van der Waals surface area contributed by atoms with Crippen LogP contribution in [0.3, 0.4) is 0 Å². The van der Waals surface area contributed by atoms with Gasteiger partial charge in [-0.3, -0.25) is 9.59 Å². The molecule has 1 aliphatic carbocycles. The highest BCUT2D eigenvalue weighted by Gasteiger charge is 2.37. The zero-order chi connectivity index (χ0) is 19.4. The topological polar surface area (TPSA) is 75.6 Å². The maximum absolute atomic E-state index is 12.9. The van der Waals surface area contributed by atoms with Crippen LogP contribution >= 0.6 is 0 Å². The number of hydrogen-bond donors (Lipinski definition) is 2. The van der Waals surface area contributed by atoms with Gasteiger partial charge in [-0.2, -0.15) is 13.2 Å². The number of carboxylic acids is 1. The van der Waals surface area contributed by atoms with E-state index >= 15 is 0 Å². The number of halogens is 3. The summed E-state index contributed by atoms with van der Waals surface area (Å²) in [4.78, 5) is 23.6. The van der Waals surface area contributed by atoms with Gasteiger partial charge in [0, 0.05) is 6.42 Å². The minimum Gasteiger partial charge on any atom is -0.495 e. The maximum Gasteiger partial charge on any atom is 0.416 e. The molecule has 0 aromatic heterocycles. The molecule has 1 aromatic carbocycles. The molecule has 0 saturated heterocycles. The van der Waals surface area contributed by atoms with E-state index in [0.717, 1.165) is 37.5 Å². The fraction of sp³-hybridized carbons (Fsp3) is 0.556. The summed E-state index contributed by atoms with van der Waals surface area (Å²) >= 11 is 0.